The Bertz CT molecular complexity index is 640. The van der Waals surface area contributed by atoms with Crippen LogP contribution in [0.1, 0.15) is 17.5 Å². The van der Waals surface area contributed by atoms with Gasteiger partial charge in [0.1, 0.15) is 0 Å². The molecule has 1 aromatic carbocycles. The monoisotopic (exact) mass is 280 g/mol. The number of hydrogen-bond donors (Lipinski definition) is 0. The molecular weight excluding hydrogens is 264 g/mol. The molecule has 1 aromatic heterocycles. The molecule has 0 spiro atoms. The highest BCUT2D eigenvalue weighted by Crippen LogP contribution is 2.25. The SMILES string of the molecule is O=C1C[C@H](Cc2ccccc2)C(=O)N1Cc1cccnc1. The van der Waals surface area contributed by atoms with Crippen LogP contribution in [-0.2, 0) is 22.6 Å². The lowest BCUT2D eigenvalue weighted by atomic mass is 9.98. The van der Waals surface area contributed by atoms with Crippen LogP contribution >= 0.6 is 0 Å². The summed E-state index contributed by atoms with van der Waals surface area (Å²) in [7, 11) is 0. The van der Waals surface area contributed by atoms with Crippen molar-refractivity contribution < 1.29 is 9.59 Å². The zero-order valence-electron chi connectivity index (χ0n) is 11.6. The lowest BCUT2D eigenvalue weighted by Crippen LogP contribution is -2.30. The number of imide groups is 1. The maximum absolute atomic E-state index is 12.4. The van der Waals surface area contributed by atoms with Gasteiger partial charge in [-0.3, -0.25) is 19.5 Å². The molecule has 0 saturated carbocycles. The first-order valence-electron chi connectivity index (χ1n) is 7.01. The van der Waals surface area contributed by atoms with Gasteiger partial charge in [0.2, 0.25) is 11.8 Å². The zero-order valence-corrected chi connectivity index (χ0v) is 11.6. The number of carbonyl (C=O) groups is 2. The van der Waals surface area contributed by atoms with Crippen LogP contribution in [0.25, 0.3) is 0 Å². The van der Waals surface area contributed by atoms with Crippen molar-refractivity contribution in [2.75, 3.05) is 0 Å². The number of hydrogen-bond acceptors (Lipinski definition) is 3. The smallest absolute Gasteiger partial charge is 0.233 e. The molecule has 0 bridgehead atoms. The second-order valence-corrected chi connectivity index (χ2v) is 5.27. The van der Waals surface area contributed by atoms with Crippen molar-refractivity contribution in [3.8, 4) is 0 Å². The maximum atomic E-state index is 12.4. The summed E-state index contributed by atoms with van der Waals surface area (Å²) in [6.45, 7) is 0.316. The van der Waals surface area contributed by atoms with E-state index in [1.165, 1.54) is 4.90 Å². The van der Waals surface area contributed by atoms with Crippen molar-refractivity contribution in [1.29, 1.82) is 0 Å². The van der Waals surface area contributed by atoms with Crippen LogP contribution in [-0.4, -0.2) is 21.7 Å². The van der Waals surface area contributed by atoms with Gasteiger partial charge < -0.3 is 0 Å². The molecule has 1 aliphatic rings. The number of amides is 2. The minimum absolute atomic E-state index is 0.0762. The average Bonchev–Trinajstić information content (AvgIpc) is 2.77. The fraction of sp³-hybridized carbons (Fsp3) is 0.235. The molecule has 1 atom stereocenters. The van der Waals surface area contributed by atoms with E-state index in [9.17, 15) is 9.59 Å². The average molecular weight is 280 g/mol. The summed E-state index contributed by atoms with van der Waals surface area (Å²) in [5, 5.41) is 0. The fourth-order valence-electron chi connectivity index (χ4n) is 2.65. The summed E-state index contributed by atoms with van der Waals surface area (Å²) in [5.41, 5.74) is 1.96. The molecule has 1 saturated heterocycles. The van der Waals surface area contributed by atoms with Crippen molar-refractivity contribution in [2.24, 2.45) is 5.92 Å². The van der Waals surface area contributed by atoms with E-state index in [0.29, 0.717) is 19.4 Å². The van der Waals surface area contributed by atoms with E-state index in [-0.39, 0.29) is 17.7 Å². The number of likely N-dealkylation sites (tertiary alicyclic amines) is 1. The van der Waals surface area contributed by atoms with Crippen LogP contribution in [0.5, 0.6) is 0 Å². The Morgan fingerprint density at radius 3 is 2.52 bits per heavy atom. The third kappa shape index (κ3) is 2.99. The highest BCUT2D eigenvalue weighted by atomic mass is 16.2. The van der Waals surface area contributed by atoms with Crippen LogP contribution in [0.3, 0.4) is 0 Å². The predicted molar refractivity (Wildman–Crippen MR) is 78.0 cm³/mol. The van der Waals surface area contributed by atoms with Gasteiger partial charge in [-0.1, -0.05) is 36.4 Å². The van der Waals surface area contributed by atoms with E-state index < -0.39 is 0 Å². The molecule has 21 heavy (non-hydrogen) atoms. The van der Waals surface area contributed by atoms with Crippen molar-refractivity contribution in [1.82, 2.24) is 9.88 Å². The minimum atomic E-state index is -0.239. The maximum Gasteiger partial charge on any atom is 0.233 e. The van der Waals surface area contributed by atoms with Gasteiger partial charge in [-0.25, -0.2) is 0 Å². The predicted octanol–water partition coefficient (Wildman–Crippen LogP) is 2.20. The van der Waals surface area contributed by atoms with E-state index in [2.05, 4.69) is 4.98 Å². The summed E-state index contributed by atoms with van der Waals surface area (Å²) in [4.78, 5) is 29.8. The first kappa shape index (κ1) is 13.5. The van der Waals surface area contributed by atoms with Crippen molar-refractivity contribution in [3.05, 3.63) is 66.0 Å². The topological polar surface area (TPSA) is 50.3 Å². The van der Waals surface area contributed by atoms with Crippen molar-refractivity contribution in [3.63, 3.8) is 0 Å². The lowest BCUT2D eigenvalue weighted by molar-refractivity contribution is -0.140. The Balaban J connectivity index is 1.70. The zero-order chi connectivity index (χ0) is 14.7. The van der Waals surface area contributed by atoms with Gasteiger partial charge in [-0.15, -0.1) is 0 Å². The van der Waals surface area contributed by atoms with Gasteiger partial charge in [0.15, 0.2) is 0 Å². The number of carbonyl (C=O) groups excluding carboxylic acids is 2. The molecule has 1 fully saturated rings. The normalized spacial score (nSPS) is 18.3. The van der Waals surface area contributed by atoms with Gasteiger partial charge in [-0.2, -0.15) is 0 Å². The minimum Gasteiger partial charge on any atom is -0.278 e. The van der Waals surface area contributed by atoms with Gasteiger partial charge in [0, 0.05) is 18.8 Å². The van der Waals surface area contributed by atoms with E-state index >= 15 is 0 Å². The van der Waals surface area contributed by atoms with Gasteiger partial charge in [0.05, 0.1) is 12.5 Å². The molecular formula is C17H16N2O2. The Morgan fingerprint density at radius 1 is 1.05 bits per heavy atom. The molecule has 0 radical (unpaired) electrons. The van der Waals surface area contributed by atoms with Crippen molar-refractivity contribution >= 4 is 11.8 Å². The van der Waals surface area contributed by atoms with E-state index in [1.54, 1.807) is 12.4 Å². The van der Waals surface area contributed by atoms with E-state index in [0.717, 1.165) is 11.1 Å². The van der Waals surface area contributed by atoms with Crippen LogP contribution in [0.2, 0.25) is 0 Å². The third-order valence-corrected chi connectivity index (χ3v) is 3.73. The Kier molecular flexibility index (Phi) is 3.77. The largest absolute Gasteiger partial charge is 0.278 e. The molecule has 4 nitrogen and oxygen atoms in total. The van der Waals surface area contributed by atoms with E-state index in [4.69, 9.17) is 0 Å². The van der Waals surface area contributed by atoms with Crippen LogP contribution in [0, 0.1) is 5.92 Å². The first-order chi connectivity index (χ1) is 10.2. The highest BCUT2D eigenvalue weighted by molar-refractivity contribution is 6.03. The summed E-state index contributed by atoms with van der Waals surface area (Å²) < 4.78 is 0. The van der Waals surface area contributed by atoms with Gasteiger partial charge in [-0.05, 0) is 23.6 Å². The number of nitrogens with zero attached hydrogens (tertiary/aromatic N) is 2. The number of aromatic nitrogens is 1. The molecule has 2 aromatic rings. The summed E-state index contributed by atoms with van der Waals surface area (Å²) in [5.74, 6) is -0.408. The Morgan fingerprint density at radius 2 is 1.81 bits per heavy atom. The number of benzene rings is 1. The van der Waals surface area contributed by atoms with Crippen LogP contribution in [0.4, 0.5) is 0 Å². The number of pyridine rings is 1. The third-order valence-electron chi connectivity index (χ3n) is 3.73. The second-order valence-electron chi connectivity index (χ2n) is 5.27. The molecule has 0 unspecified atom stereocenters. The number of rotatable bonds is 4. The standard InChI is InChI=1S/C17H16N2O2/c20-16-10-15(9-13-5-2-1-3-6-13)17(21)19(16)12-14-7-4-8-18-11-14/h1-8,11,15H,9-10,12H2/t15-/m0/s1. The molecule has 2 heterocycles. The molecule has 2 amide bonds. The quantitative estimate of drug-likeness (QED) is 0.807. The van der Waals surface area contributed by atoms with Crippen LogP contribution in [0.15, 0.2) is 54.9 Å². The molecule has 4 heteroatoms. The highest BCUT2D eigenvalue weighted by Gasteiger charge is 2.38. The molecule has 1 aliphatic heterocycles. The fourth-order valence-corrected chi connectivity index (χ4v) is 2.65. The van der Waals surface area contributed by atoms with Crippen molar-refractivity contribution in [2.45, 2.75) is 19.4 Å². The summed E-state index contributed by atoms with van der Waals surface area (Å²) >= 11 is 0. The summed E-state index contributed by atoms with van der Waals surface area (Å²) in [6, 6.07) is 13.5. The second kappa shape index (κ2) is 5.87. The molecule has 0 N–H and O–H groups in total. The lowest BCUT2D eigenvalue weighted by Gasteiger charge is -2.14. The van der Waals surface area contributed by atoms with Gasteiger partial charge in [0.25, 0.3) is 0 Å². The molecule has 0 aliphatic carbocycles. The molecule has 106 valence electrons. The summed E-state index contributed by atoms with van der Waals surface area (Å²) in [6.07, 6.45) is 4.28. The van der Waals surface area contributed by atoms with Gasteiger partial charge >= 0.3 is 0 Å². The Labute approximate surface area is 123 Å². The van der Waals surface area contributed by atoms with Crippen LogP contribution < -0.4 is 0 Å². The van der Waals surface area contributed by atoms with E-state index in [1.807, 2.05) is 42.5 Å². The first-order valence-corrected chi connectivity index (χ1v) is 7.01. The Hall–Kier alpha value is -2.49. The molecule has 3 rings (SSSR count).